The van der Waals surface area contributed by atoms with Crippen LogP contribution in [-0.4, -0.2) is 26.9 Å². The molecule has 3 aromatic rings. The quantitative estimate of drug-likeness (QED) is 0.479. The molecule has 0 radical (unpaired) electrons. The third-order valence-electron chi connectivity index (χ3n) is 5.13. The molecule has 0 saturated heterocycles. The zero-order valence-corrected chi connectivity index (χ0v) is 19.7. The summed E-state index contributed by atoms with van der Waals surface area (Å²) in [5, 5.41) is 3.41. The molecule has 0 aliphatic rings. The van der Waals surface area contributed by atoms with E-state index in [1.165, 1.54) is 5.56 Å². The molecule has 32 heavy (non-hydrogen) atoms. The molecule has 0 fully saturated rings. The monoisotopic (exact) mass is 470 g/mol. The number of carbonyl (C=O) groups is 1. The molecule has 0 spiro atoms. The smallest absolute Gasteiger partial charge is 0.264 e. The lowest BCUT2D eigenvalue weighted by molar-refractivity contribution is -0.120. The molecule has 7 heteroatoms. The summed E-state index contributed by atoms with van der Waals surface area (Å²) < 4.78 is 27.9. The topological polar surface area (TPSA) is 66.5 Å². The summed E-state index contributed by atoms with van der Waals surface area (Å²) in [5.74, 6) is -0.365. The van der Waals surface area contributed by atoms with Crippen LogP contribution < -0.4 is 9.62 Å². The Bertz CT molecular complexity index is 1130. The van der Waals surface area contributed by atoms with E-state index in [0.29, 0.717) is 10.7 Å². The van der Waals surface area contributed by atoms with Gasteiger partial charge in [0, 0.05) is 11.1 Å². The number of sulfonamides is 1. The van der Waals surface area contributed by atoms with Crippen LogP contribution in [0.3, 0.4) is 0 Å². The molecule has 0 bridgehead atoms. The first-order valence-corrected chi connectivity index (χ1v) is 12.3. The van der Waals surface area contributed by atoms with Crippen molar-refractivity contribution in [3.8, 4) is 0 Å². The number of carbonyl (C=O) groups excluding carboxylic acids is 1. The van der Waals surface area contributed by atoms with Gasteiger partial charge in [0.1, 0.15) is 6.54 Å². The van der Waals surface area contributed by atoms with Gasteiger partial charge in [-0.25, -0.2) is 8.42 Å². The average Bonchev–Trinajstić information content (AvgIpc) is 2.78. The van der Waals surface area contributed by atoms with E-state index >= 15 is 0 Å². The van der Waals surface area contributed by atoms with Crippen molar-refractivity contribution in [3.63, 3.8) is 0 Å². The second-order valence-electron chi connectivity index (χ2n) is 7.79. The molecule has 3 rings (SSSR count). The first-order valence-electron chi connectivity index (χ1n) is 10.4. The third-order valence-corrected chi connectivity index (χ3v) is 7.17. The van der Waals surface area contributed by atoms with E-state index in [1.54, 1.807) is 48.5 Å². The highest BCUT2D eigenvalue weighted by molar-refractivity contribution is 7.92. The number of anilines is 1. The summed E-state index contributed by atoms with van der Waals surface area (Å²) in [6, 6.07) is 22.9. The van der Waals surface area contributed by atoms with E-state index in [9.17, 15) is 13.2 Å². The summed E-state index contributed by atoms with van der Waals surface area (Å²) in [6.07, 6.45) is 1.58. The van der Waals surface area contributed by atoms with Crippen molar-refractivity contribution >= 4 is 33.2 Å². The van der Waals surface area contributed by atoms with Gasteiger partial charge in [0.05, 0.1) is 10.6 Å². The number of halogens is 1. The van der Waals surface area contributed by atoms with Crippen LogP contribution in [0.5, 0.6) is 0 Å². The lowest BCUT2D eigenvalue weighted by Crippen LogP contribution is -2.43. The minimum Gasteiger partial charge on any atom is -0.352 e. The predicted octanol–water partition coefficient (Wildman–Crippen LogP) is 4.98. The van der Waals surface area contributed by atoms with Crippen molar-refractivity contribution in [1.29, 1.82) is 0 Å². The molecule has 1 atom stereocenters. The number of benzene rings is 3. The number of hydrogen-bond donors (Lipinski definition) is 1. The fourth-order valence-corrected chi connectivity index (χ4v) is 4.86. The number of aryl methyl sites for hydroxylation is 2. The van der Waals surface area contributed by atoms with Crippen LogP contribution in [0.2, 0.25) is 5.02 Å². The maximum absolute atomic E-state index is 13.4. The Kier molecular flexibility index (Phi) is 7.94. The summed E-state index contributed by atoms with van der Waals surface area (Å²) in [5.41, 5.74) is 2.52. The maximum Gasteiger partial charge on any atom is 0.264 e. The average molecular weight is 471 g/mol. The van der Waals surface area contributed by atoms with Crippen molar-refractivity contribution in [2.24, 2.45) is 0 Å². The summed E-state index contributed by atoms with van der Waals surface area (Å²) in [7, 11) is -3.94. The van der Waals surface area contributed by atoms with E-state index in [-0.39, 0.29) is 23.4 Å². The molecule has 0 aromatic heterocycles. The molecule has 0 aliphatic heterocycles. The van der Waals surface area contributed by atoms with Gasteiger partial charge in [-0.2, -0.15) is 0 Å². The van der Waals surface area contributed by atoms with Crippen molar-refractivity contribution in [1.82, 2.24) is 5.32 Å². The minimum absolute atomic E-state index is 0.100. The lowest BCUT2D eigenvalue weighted by atomic mass is 10.1. The normalized spacial score (nSPS) is 12.2. The van der Waals surface area contributed by atoms with Gasteiger partial charge in [0.2, 0.25) is 5.91 Å². The molecular weight excluding hydrogens is 444 g/mol. The number of nitrogens with one attached hydrogen (secondary N) is 1. The van der Waals surface area contributed by atoms with Gasteiger partial charge >= 0.3 is 0 Å². The predicted molar refractivity (Wildman–Crippen MR) is 130 cm³/mol. The largest absolute Gasteiger partial charge is 0.352 e. The van der Waals surface area contributed by atoms with E-state index < -0.39 is 10.0 Å². The Morgan fingerprint density at radius 3 is 2.22 bits per heavy atom. The zero-order valence-electron chi connectivity index (χ0n) is 18.2. The maximum atomic E-state index is 13.4. The van der Waals surface area contributed by atoms with E-state index in [1.807, 2.05) is 44.2 Å². The van der Waals surface area contributed by atoms with E-state index in [4.69, 9.17) is 11.6 Å². The highest BCUT2D eigenvalue weighted by atomic mass is 35.5. The Morgan fingerprint density at radius 2 is 1.59 bits per heavy atom. The van der Waals surface area contributed by atoms with Crippen molar-refractivity contribution in [3.05, 3.63) is 95.0 Å². The summed E-state index contributed by atoms with van der Waals surface area (Å²) >= 11 is 5.98. The standard InChI is InChI=1S/C25H27ClN2O3S/c1-19-8-16-24(17-9-19)32(30,31)28(23-14-12-22(26)13-15-23)18-25(29)27-20(2)10-11-21-6-4-3-5-7-21/h3-9,12-17,20H,10-11,18H2,1-2H3,(H,27,29)/t20-/m0/s1. The third kappa shape index (κ3) is 6.34. The molecule has 0 heterocycles. The molecule has 168 valence electrons. The Balaban J connectivity index is 1.75. The Labute approximate surface area is 195 Å². The molecule has 0 aliphatic carbocycles. The van der Waals surface area contributed by atoms with Gasteiger partial charge in [-0.15, -0.1) is 0 Å². The fourth-order valence-electron chi connectivity index (χ4n) is 3.31. The highest BCUT2D eigenvalue weighted by Gasteiger charge is 2.27. The number of rotatable bonds is 9. The van der Waals surface area contributed by atoms with Crippen LogP contribution in [0.25, 0.3) is 0 Å². The van der Waals surface area contributed by atoms with Gasteiger partial charge in [0.25, 0.3) is 10.0 Å². The van der Waals surface area contributed by atoms with Gasteiger partial charge in [-0.05, 0) is 68.7 Å². The number of amides is 1. The molecular formula is C25H27ClN2O3S. The van der Waals surface area contributed by atoms with Crippen molar-refractivity contribution in [2.45, 2.75) is 37.6 Å². The van der Waals surface area contributed by atoms with Crippen LogP contribution in [-0.2, 0) is 21.2 Å². The van der Waals surface area contributed by atoms with Gasteiger partial charge in [-0.3, -0.25) is 9.10 Å². The number of nitrogens with zero attached hydrogens (tertiary/aromatic N) is 1. The van der Waals surface area contributed by atoms with Crippen molar-refractivity contribution in [2.75, 3.05) is 10.8 Å². The molecule has 5 nitrogen and oxygen atoms in total. The number of hydrogen-bond acceptors (Lipinski definition) is 3. The van der Waals surface area contributed by atoms with Crippen LogP contribution in [0.15, 0.2) is 83.8 Å². The molecule has 1 amide bonds. The lowest BCUT2D eigenvalue weighted by Gasteiger charge is -2.25. The van der Waals surface area contributed by atoms with Crippen molar-refractivity contribution < 1.29 is 13.2 Å². The Morgan fingerprint density at radius 1 is 0.969 bits per heavy atom. The first kappa shape index (κ1) is 23.8. The SMILES string of the molecule is Cc1ccc(S(=O)(=O)N(CC(=O)N[C@@H](C)CCc2ccccc2)c2ccc(Cl)cc2)cc1. The Hall–Kier alpha value is -2.83. The molecule has 0 saturated carbocycles. The summed E-state index contributed by atoms with van der Waals surface area (Å²) in [6.45, 7) is 3.48. The molecule has 0 unspecified atom stereocenters. The molecule has 1 N–H and O–H groups in total. The zero-order chi connectivity index (χ0) is 23.1. The second kappa shape index (κ2) is 10.7. The minimum atomic E-state index is -3.94. The summed E-state index contributed by atoms with van der Waals surface area (Å²) in [4.78, 5) is 12.9. The highest BCUT2D eigenvalue weighted by Crippen LogP contribution is 2.25. The van der Waals surface area contributed by atoms with Gasteiger partial charge in [-0.1, -0.05) is 59.6 Å². The van der Waals surface area contributed by atoms with Crippen LogP contribution in [0, 0.1) is 6.92 Å². The van der Waals surface area contributed by atoms with E-state index in [0.717, 1.165) is 22.7 Å². The van der Waals surface area contributed by atoms with E-state index in [2.05, 4.69) is 5.32 Å². The van der Waals surface area contributed by atoms with Crippen LogP contribution in [0.1, 0.15) is 24.5 Å². The van der Waals surface area contributed by atoms with Crippen LogP contribution in [0.4, 0.5) is 5.69 Å². The van der Waals surface area contributed by atoms with Gasteiger partial charge in [0.15, 0.2) is 0 Å². The van der Waals surface area contributed by atoms with Gasteiger partial charge < -0.3 is 5.32 Å². The fraction of sp³-hybridized carbons (Fsp3) is 0.240. The van der Waals surface area contributed by atoms with Crippen LogP contribution >= 0.6 is 11.6 Å². The molecule has 3 aromatic carbocycles. The first-order chi connectivity index (χ1) is 15.3. The second-order valence-corrected chi connectivity index (χ2v) is 10.1.